The number of hydrogen-bond donors (Lipinski definition) is 2. The molecule has 1 saturated heterocycles. The van der Waals surface area contributed by atoms with Gasteiger partial charge in [-0.3, -0.25) is 4.79 Å². The number of para-hydroxylation sites is 1. The van der Waals surface area contributed by atoms with Gasteiger partial charge in [-0.05, 0) is 36.6 Å². The maximum absolute atomic E-state index is 12.9. The number of halogens is 1. The smallest absolute Gasteiger partial charge is 0.256 e. The molecule has 0 aliphatic carbocycles. The van der Waals surface area contributed by atoms with Crippen molar-refractivity contribution in [3.05, 3.63) is 58.6 Å². The lowest BCUT2D eigenvalue weighted by Crippen LogP contribution is -2.37. The van der Waals surface area contributed by atoms with Gasteiger partial charge in [-0.2, -0.15) is 0 Å². The minimum atomic E-state index is -0.0941. The van der Waals surface area contributed by atoms with Crippen LogP contribution in [0, 0.1) is 0 Å². The molecule has 0 saturated carbocycles. The van der Waals surface area contributed by atoms with E-state index in [1.807, 2.05) is 42.5 Å². The molecule has 6 heteroatoms. The number of carbonyl (C=O) groups excluding carboxylic acids is 1. The van der Waals surface area contributed by atoms with E-state index >= 15 is 0 Å². The Labute approximate surface area is 158 Å². The molecule has 1 aliphatic rings. The molecular weight excluding hydrogens is 352 g/mol. The lowest BCUT2D eigenvalue weighted by molar-refractivity contribution is 0.0678. The Morgan fingerprint density at radius 3 is 2.88 bits per heavy atom. The molecule has 0 aromatic heterocycles. The number of benzene rings is 2. The molecule has 1 aliphatic heterocycles. The van der Waals surface area contributed by atoms with E-state index in [0.29, 0.717) is 29.4 Å². The van der Waals surface area contributed by atoms with Gasteiger partial charge in [-0.15, -0.1) is 0 Å². The van der Waals surface area contributed by atoms with Gasteiger partial charge in [0.25, 0.3) is 5.91 Å². The van der Waals surface area contributed by atoms with Crippen LogP contribution in [0.5, 0.6) is 5.75 Å². The van der Waals surface area contributed by atoms with Crippen molar-refractivity contribution in [1.29, 1.82) is 0 Å². The zero-order chi connectivity index (χ0) is 18.5. The predicted molar refractivity (Wildman–Crippen MR) is 103 cm³/mol. The van der Waals surface area contributed by atoms with Crippen LogP contribution in [0.1, 0.15) is 28.8 Å². The quantitative estimate of drug-likeness (QED) is 0.811. The molecule has 2 aromatic rings. The van der Waals surface area contributed by atoms with Crippen LogP contribution in [0.3, 0.4) is 0 Å². The molecule has 0 bridgehead atoms. The summed E-state index contributed by atoms with van der Waals surface area (Å²) in [5.74, 6) is 0.569. The number of hydrogen-bond acceptors (Lipinski definition) is 4. The zero-order valence-corrected chi connectivity index (χ0v) is 15.5. The Hall–Kier alpha value is -2.24. The number of aliphatic hydroxyl groups is 1. The average molecular weight is 375 g/mol. The summed E-state index contributed by atoms with van der Waals surface area (Å²) < 4.78 is 5.25. The average Bonchev–Trinajstić information content (AvgIpc) is 3.15. The molecule has 26 heavy (non-hydrogen) atoms. The van der Waals surface area contributed by atoms with Gasteiger partial charge in [-0.1, -0.05) is 35.9 Å². The van der Waals surface area contributed by atoms with Gasteiger partial charge in [0.1, 0.15) is 5.75 Å². The number of aliphatic hydroxyl groups excluding tert-OH is 1. The summed E-state index contributed by atoms with van der Waals surface area (Å²) in [6, 6.07) is 12.9. The van der Waals surface area contributed by atoms with Gasteiger partial charge in [-0.25, -0.2) is 0 Å². The van der Waals surface area contributed by atoms with E-state index in [2.05, 4.69) is 5.32 Å². The van der Waals surface area contributed by atoms with Gasteiger partial charge in [0, 0.05) is 18.8 Å². The molecule has 1 amide bonds. The Balaban J connectivity index is 1.79. The number of carbonyl (C=O) groups is 1. The predicted octanol–water partition coefficient (Wildman–Crippen LogP) is 3.56. The minimum absolute atomic E-state index is 0.000747. The van der Waals surface area contributed by atoms with Crippen molar-refractivity contribution in [3.63, 3.8) is 0 Å². The van der Waals surface area contributed by atoms with E-state index in [-0.39, 0.29) is 18.6 Å². The van der Waals surface area contributed by atoms with E-state index in [4.69, 9.17) is 16.3 Å². The van der Waals surface area contributed by atoms with Gasteiger partial charge in [0.2, 0.25) is 0 Å². The second-order valence-corrected chi connectivity index (χ2v) is 6.69. The SMILES string of the molecule is COc1cccc(CNc2ccccc2C(=O)N2CCCC2CO)c1Cl. The third kappa shape index (κ3) is 3.79. The van der Waals surface area contributed by atoms with Gasteiger partial charge in [0.15, 0.2) is 0 Å². The number of nitrogens with zero attached hydrogens (tertiary/aromatic N) is 1. The summed E-state index contributed by atoms with van der Waals surface area (Å²) in [5, 5.41) is 13.4. The fourth-order valence-electron chi connectivity index (χ4n) is 3.31. The number of nitrogens with one attached hydrogen (secondary N) is 1. The Kier molecular flexibility index (Phi) is 6.01. The van der Waals surface area contributed by atoms with Crippen LogP contribution in [-0.4, -0.2) is 42.2 Å². The molecule has 2 aromatic carbocycles. The lowest BCUT2D eigenvalue weighted by Gasteiger charge is -2.24. The molecule has 0 radical (unpaired) electrons. The largest absolute Gasteiger partial charge is 0.495 e. The van der Waals surface area contributed by atoms with Crippen LogP contribution >= 0.6 is 11.6 Å². The van der Waals surface area contributed by atoms with Crippen LogP contribution in [0.4, 0.5) is 5.69 Å². The summed E-state index contributed by atoms with van der Waals surface area (Å²) in [7, 11) is 1.58. The second kappa shape index (κ2) is 8.43. The van der Waals surface area contributed by atoms with Crippen LogP contribution < -0.4 is 10.1 Å². The molecule has 1 fully saturated rings. The Morgan fingerprint density at radius 2 is 2.12 bits per heavy atom. The topological polar surface area (TPSA) is 61.8 Å². The number of ether oxygens (including phenoxy) is 1. The first kappa shape index (κ1) is 18.5. The number of rotatable bonds is 6. The Bertz CT molecular complexity index is 781. The van der Waals surface area contributed by atoms with E-state index in [0.717, 1.165) is 24.1 Å². The number of methoxy groups -OCH3 is 1. The molecular formula is C20H23ClN2O3. The molecule has 5 nitrogen and oxygen atoms in total. The van der Waals surface area contributed by atoms with Crippen molar-refractivity contribution in [2.45, 2.75) is 25.4 Å². The van der Waals surface area contributed by atoms with Crippen molar-refractivity contribution in [3.8, 4) is 5.75 Å². The van der Waals surface area contributed by atoms with Gasteiger partial charge >= 0.3 is 0 Å². The van der Waals surface area contributed by atoms with Gasteiger partial charge in [0.05, 0.1) is 30.3 Å². The molecule has 0 spiro atoms. The standard InChI is InChI=1S/C20H23ClN2O3/c1-26-18-10-4-6-14(19(18)21)12-22-17-9-3-2-8-16(17)20(25)23-11-5-7-15(23)13-24/h2-4,6,8-10,15,22,24H,5,7,11-13H2,1H3. The summed E-state index contributed by atoms with van der Waals surface area (Å²) in [4.78, 5) is 14.7. The summed E-state index contributed by atoms with van der Waals surface area (Å²) in [6.07, 6.45) is 1.77. The van der Waals surface area contributed by atoms with Crippen molar-refractivity contribution in [2.75, 3.05) is 25.6 Å². The lowest BCUT2D eigenvalue weighted by atomic mass is 10.1. The minimum Gasteiger partial charge on any atom is -0.495 e. The Morgan fingerprint density at radius 1 is 1.31 bits per heavy atom. The molecule has 1 heterocycles. The first-order valence-electron chi connectivity index (χ1n) is 8.71. The zero-order valence-electron chi connectivity index (χ0n) is 14.7. The molecule has 1 atom stereocenters. The van der Waals surface area contributed by atoms with Crippen molar-refractivity contribution in [1.82, 2.24) is 4.90 Å². The first-order chi connectivity index (χ1) is 12.7. The molecule has 3 rings (SSSR count). The van der Waals surface area contributed by atoms with E-state index in [1.165, 1.54) is 0 Å². The second-order valence-electron chi connectivity index (χ2n) is 6.31. The van der Waals surface area contributed by atoms with E-state index < -0.39 is 0 Å². The van der Waals surface area contributed by atoms with Crippen molar-refractivity contribution >= 4 is 23.2 Å². The van der Waals surface area contributed by atoms with E-state index in [1.54, 1.807) is 12.0 Å². The fourth-order valence-corrected chi connectivity index (χ4v) is 3.58. The van der Waals surface area contributed by atoms with E-state index in [9.17, 15) is 9.90 Å². The van der Waals surface area contributed by atoms with Gasteiger partial charge < -0.3 is 20.1 Å². The summed E-state index contributed by atoms with van der Waals surface area (Å²) in [5.41, 5.74) is 2.24. The van der Waals surface area contributed by atoms with Crippen LogP contribution in [0.15, 0.2) is 42.5 Å². The fraction of sp³-hybridized carbons (Fsp3) is 0.350. The highest BCUT2D eigenvalue weighted by atomic mass is 35.5. The highest BCUT2D eigenvalue weighted by Gasteiger charge is 2.29. The first-order valence-corrected chi connectivity index (χ1v) is 9.09. The highest BCUT2D eigenvalue weighted by Crippen LogP contribution is 2.29. The normalized spacial score (nSPS) is 16.6. The summed E-state index contributed by atoms with van der Waals surface area (Å²) >= 11 is 6.35. The number of anilines is 1. The summed E-state index contributed by atoms with van der Waals surface area (Å²) in [6.45, 7) is 1.16. The number of amides is 1. The molecule has 2 N–H and O–H groups in total. The monoisotopic (exact) mass is 374 g/mol. The molecule has 1 unspecified atom stereocenters. The van der Waals surface area contributed by atoms with Crippen molar-refractivity contribution < 1.29 is 14.6 Å². The van der Waals surface area contributed by atoms with Crippen LogP contribution in [-0.2, 0) is 6.54 Å². The molecule has 138 valence electrons. The third-order valence-corrected chi connectivity index (χ3v) is 5.17. The number of likely N-dealkylation sites (tertiary alicyclic amines) is 1. The van der Waals surface area contributed by atoms with Crippen molar-refractivity contribution in [2.24, 2.45) is 0 Å². The highest BCUT2D eigenvalue weighted by molar-refractivity contribution is 6.32. The van der Waals surface area contributed by atoms with Crippen LogP contribution in [0.25, 0.3) is 0 Å². The van der Waals surface area contributed by atoms with Crippen LogP contribution in [0.2, 0.25) is 5.02 Å². The third-order valence-electron chi connectivity index (χ3n) is 4.74. The maximum Gasteiger partial charge on any atom is 0.256 e. The maximum atomic E-state index is 12.9.